The van der Waals surface area contributed by atoms with Crippen LogP contribution in [0.3, 0.4) is 0 Å². The first-order chi connectivity index (χ1) is 9.34. The molecule has 3 N–H and O–H groups in total. The Morgan fingerprint density at radius 1 is 1.25 bits per heavy atom. The number of benzene rings is 1. The van der Waals surface area contributed by atoms with Crippen LogP contribution in [0, 0.1) is 0 Å². The summed E-state index contributed by atoms with van der Waals surface area (Å²) in [6.45, 7) is 6.62. The highest BCUT2D eigenvalue weighted by atomic mass is 16.2. The normalized spacial score (nSPS) is 11.3. The molecule has 0 spiro atoms. The Hall–Kier alpha value is -2.30. The molecule has 1 aromatic carbocycles. The van der Waals surface area contributed by atoms with Gasteiger partial charge in [0.05, 0.1) is 0 Å². The van der Waals surface area contributed by atoms with E-state index in [-0.39, 0.29) is 17.9 Å². The van der Waals surface area contributed by atoms with Gasteiger partial charge < -0.3 is 11.1 Å². The van der Waals surface area contributed by atoms with E-state index in [9.17, 15) is 4.79 Å². The Bertz CT molecular complexity index is 593. The second-order valence-electron chi connectivity index (χ2n) is 5.81. The molecule has 0 fully saturated rings. The number of aromatic nitrogens is 2. The molecule has 0 aliphatic rings. The van der Waals surface area contributed by atoms with Gasteiger partial charge in [-0.1, -0.05) is 32.9 Å². The number of amides is 1. The summed E-state index contributed by atoms with van der Waals surface area (Å²) in [6, 6.07) is 9.54. The molecule has 0 bridgehead atoms. The summed E-state index contributed by atoms with van der Waals surface area (Å²) in [5.74, 6) is 0.281. The lowest BCUT2D eigenvalue weighted by atomic mass is 9.87. The SMILES string of the molecule is CC(C)(C)c1ccc(NC(=O)Cn2ccc(N)n2)cc1. The number of hydrogen-bond acceptors (Lipinski definition) is 3. The third kappa shape index (κ3) is 3.60. The molecule has 20 heavy (non-hydrogen) atoms. The summed E-state index contributed by atoms with van der Waals surface area (Å²) < 4.78 is 1.51. The molecule has 0 aliphatic heterocycles. The van der Waals surface area contributed by atoms with Crippen molar-refractivity contribution in [3.8, 4) is 0 Å². The fourth-order valence-corrected chi connectivity index (χ4v) is 1.87. The first-order valence-electron chi connectivity index (χ1n) is 6.54. The molecule has 2 rings (SSSR count). The zero-order chi connectivity index (χ0) is 14.8. The summed E-state index contributed by atoms with van der Waals surface area (Å²) >= 11 is 0. The van der Waals surface area contributed by atoms with Crippen LogP contribution in [0.2, 0.25) is 0 Å². The molecule has 0 saturated carbocycles. The van der Waals surface area contributed by atoms with Gasteiger partial charge in [-0.25, -0.2) is 0 Å². The van der Waals surface area contributed by atoms with E-state index < -0.39 is 0 Å². The Balaban J connectivity index is 1.98. The maximum absolute atomic E-state index is 11.9. The summed E-state index contributed by atoms with van der Waals surface area (Å²) in [4.78, 5) is 11.9. The smallest absolute Gasteiger partial charge is 0.246 e. The summed E-state index contributed by atoms with van der Waals surface area (Å²) in [6.07, 6.45) is 1.68. The highest BCUT2D eigenvalue weighted by Gasteiger charge is 2.13. The number of anilines is 2. The Kier molecular flexibility index (Phi) is 3.79. The van der Waals surface area contributed by atoms with Gasteiger partial charge in [-0.2, -0.15) is 5.10 Å². The molecule has 0 atom stereocenters. The maximum Gasteiger partial charge on any atom is 0.246 e. The van der Waals surface area contributed by atoms with Gasteiger partial charge in [0.1, 0.15) is 12.4 Å². The number of nitrogens with one attached hydrogen (secondary N) is 1. The van der Waals surface area contributed by atoms with Crippen molar-refractivity contribution in [3.63, 3.8) is 0 Å². The Morgan fingerprint density at radius 2 is 1.90 bits per heavy atom. The monoisotopic (exact) mass is 272 g/mol. The maximum atomic E-state index is 11.9. The van der Waals surface area contributed by atoms with Crippen molar-refractivity contribution in [3.05, 3.63) is 42.1 Å². The molecular weight excluding hydrogens is 252 g/mol. The molecule has 5 nitrogen and oxygen atoms in total. The number of nitrogens with zero attached hydrogens (tertiary/aromatic N) is 2. The predicted octanol–water partition coefficient (Wildman–Crippen LogP) is 2.40. The highest BCUT2D eigenvalue weighted by molar-refractivity contribution is 5.90. The molecule has 2 aromatic rings. The minimum absolute atomic E-state index is 0.106. The lowest BCUT2D eigenvalue weighted by molar-refractivity contribution is -0.116. The second-order valence-corrected chi connectivity index (χ2v) is 5.81. The predicted molar refractivity (Wildman–Crippen MR) is 80.4 cm³/mol. The largest absolute Gasteiger partial charge is 0.382 e. The first kappa shape index (κ1) is 14.1. The summed E-state index contributed by atoms with van der Waals surface area (Å²) in [7, 11) is 0. The van der Waals surface area contributed by atoms with Crippen molar-refractivity contribution in [1.29, 1.82) is 0 Å². The van der Waals surface area contributed by atoms with Gasteiger partial charge in [0.25, 0.3) is 0 Å². The van der Waals surface area contributed by atoms with Gasteiger partial charge in [0.2, 0.25) is 5.91 Å². The van der Waals surface area contributed by atoms with E-state index >= 15 is 0 Å². The molecule has 0 radical (unpaired) electrons. The number of rotatable bonds is 3. The highest BCUT2D eigenvalue weighted by Crippen LogP contribution is 2.23. The van der Waals surface area contributed by atoms with Crippen LogP contribution in [0.25, 0.3) is 0 Å². The van der Waals surface area contributed by atoms with Gasteiger partial charge in [0, 0.05) is 11.9 Å². The molecule has 0 saturated heterocycles. The molecule has 0 unspecified atom stereocenters. The molecule has 1 heterocycles. The lowest BCUT2D eigenvalue weighted by Gasteiger charge is -2.19. The zero-order valence-corrected chi connectivity index (χ0v) is 12.1. The minimum atomic E-state index is -0.128. The van der Waals surface area contributed by atoms with Crippen LogP contribution in [0.5, 0.6) is 0 Å². The molecule has 1 amide bonds. The third-order valence-corrected chi connectivity index (χ3v) is 3.00. The van der Waals surface area contributed by atoms with E-state index in [1.54, 1.807) is 12.3 Å². The van der Waals surface area contributed by atoms with Crippen LogP contribution < -0.4 is 11.1 Å². The van der Waals surface area contributed by atoms with E-state index in [4.69, 9.17) is 5.73 Å². The molecular formula is C15H20N4O. The number of carbonyl (C=O) groups excluding carboxylic acids is 1. The van der Waals surface area contributed by atoms with Crippen LogP contribution in [0.1, 0.15) is 26.3 Å². The van der Waals surface area contributed by atoms with Crippen molar-refractivity contribution in [2.45, 2.75) is 32.7 Å². The standard InChI is InChI=1S/C15H20N4O/c1-15(2,3)11-4-6-12(7-5-11)17-14(20)10-19-9-8-13(16)18-19/h4-9H,10H2,1-3H3,(H2,16,18)(H,17,20). The van der Waals surface area contributed by atoms with Gasteiger partial charge in [-0.3, -0.25) is 9.48 Å². The van der Waals surface area contributed by atoms with E-state index in [2.05, 4.69) is 31.2 Å². The Labute approximate surface area is 118 Å². The fourth-order valence-electron chi connectivity index (χ4n) is 1.87. The molecule has 5 heteroatoms. The van der Waals surface area contributed by atoms with Crippen LogP contribution in [-0.2, 0) is 16.8 Å². The van der Waals surface area contributed by atoms with Crippen LogP contribution >= 0.6 is 0 Å². The quantitative estimate of drug-likeness (QED) is 0.901. The molecule has 0 aliphatic carbocycles. The number of carbonyl (C=O) groups is 1. The van der Waals surface area contributed by atoms with E-state index in [1.165, 1.54) is 10.2 Å². The summed E-state index contributed by atoms with van der Waals surface area (Å²) in [5, 5.41) is 6.81. The van der Waals surface area contributed by atoms with E-state index in [0.29, 0.717) is 5.82 Å². The number of nitrogens with two attached hydrogens (primary N) is 1. The second kappa shape index (κ2) is 5.36. The van der Waals surface area contributed by atoms with E-state index in [1.807, 2.05) is 24.3 Å². The first-order valence-corrected chi connectivity index (χ1v) is 6.54. The van der Waals surface area contributed by atoms with Crippen LogP contribution in [0.15, 0.2) is 36.5 Å². The molecule has 106 valence electrons. The number of hydrogen-bond donors (Lipinski definition) is 2. The van der Waals surface area contributed by atoms with Gasteiger partial charge >= 0.3 is 0 Å². The summed E-state index contributed by atoms with van der Waals surface area (Å²) in [5.41, 5.74) is 7.62. The van der Waals surface area contributed by atoms with Crippen LogP contribution in [-0.4, -0.2) is 15.7 Å². The Morgan fingerprint density at radius 3 is 2.40 bits per heavy atom. The topological polar surface area (TPSA) is 72.9 Å². The minimum Gasteiger partial charge on any atom is -0.382 e. The van der Waals surface area contributed by atoms with Crippen molar-refractivity contribution < 1.29 is 4.79 Å². The third-order valence-electron chi connectivity index (χ3n) is 3.00. The van der Waals surface area contributed by atoms with Gasteiger partial charge in [-0.05, 0) is 29.2 Å². The van der Waals surface area contributed by atoms with Gasteiger partial charge in [0.15, 0.2) is 0 Å². The molecule has 1 aromatic heterocycles. The number of nitrogen functional groups attached to an aromatic ring is 1. The van der Waals surface area contributed by atoms with Crippen molar-refractivity contribution in [2.75, 3.05) is 11.1 Å². The van der Waals surface area contributed by atoms with Crippen molar-refractivity contribution in [1.82, 2.24) is 9.78 Å². The average Bonchev–Trinajstić information content (AvgIpc) is 2.74. The van der Waals surface area contributed by atoms with Crippen LogP contribution in [0.4, 0.5) is 11.5 Å². The van der Waals surface area contributed by atoms with Crippen molar-refractivity contribution in [2.24, 2.45) is 0 Å². The average molecular weight is 272 g/mol. The lowest BCUT2D eigenvalue weighted by Crippen LogP contribution is -2.19. The zero-order valence-electron chi connectivity index (χ0n) is 12.1. The fraction of sp³-hybridized carbons (Fsp3) is 0.333. The van der Waals surface area contributed by atoms with Crippen molar-refractivity contribution >= 4 is 17.4 Å². The van der Waals surface area contributed by atoms with E-state index in [0.717, 1.165) is 5.69 Å². The van der Waals surface area contributed by atoms with Gasteiger partial charge in [-0.15, -0.1) is 0 Å².